The number of hydrogen-bond donors (Lipinski definition) is 0. The molecule has 15 heavy (non-hydrogen) atoms. The zero-order chi connectivity index (χ0) is 10.9. The standard InChI is InChI=1S/C12H15O.BrH.Zn/c1-2-6-11(7-3-1)10-13-12-8-4-5-9-12;;/h1-3,6,12H,4-5,8-10H2;1H;/q-1;;+2/p-1. The molecule has 1 aromatic rings. The van der Waals surface area contributed by atoms with Gasteiger partial charge in [0.1, 0.15) is 0 Å². The van der Waals surface area contributed by atoms with Gasteiger partial charge in [-0.05, 0) is 12.8 Å². The zero-order valence-corrected chi connectivity index (χ0v) is 13.5. The summed E-state index contributed by atoms with van der Waals surface area (Å²) in [7, 11) is 0. The Hall–Kier alpha value is 0.283. The van der Waals surface area contributed by atoms with Crippen molar-refractivity contribution in [2.24, 2.45) is 0 Å². The van der Waals surface area contributed by atoms with Crippen molar-refractivity contribution in [3.05, 3.63) is 35.9 Å². The quantitative estimate of drug-likeness (QED) is 0.608. The first-order valence-corrected chi connectivity index (χ1v) is 12.2. The van der Waals surface area contributed by atoms with Gasteiger partial charge in [0.25, 0.3) is 0 Å². The summed E-state index contributed by atoms with van der Waals surface area (Å²) in [5.74, 6) is 0. The van der Waals surface area contributed by atoms with Crippen LogP contribution in [-0.2, 0) is 27.7 Å². The van der Waals surface area contributed by atoms with E-state index < -0.39 is 0 Å². The summed E-state index contributed by atoms with van der Waals surface area (Å²) < 4.78 is 5.76. The van der Waals surface area contributed by atoms with Crippen molar-refractivity contribution < 1.29 is 21.1 Å². The topological polar surface area (TPSA) is 9.23 Å². The molecule has 0 unspecified atom stereocenters. The van der Waals surface area contributed by atoms with Gasteiger partial charge in [-0.15, -0.1) is 5.56 Å². The second-order valence-electron chi connectivity index (χ2n) is 3.61. The van der Waals surface area contributed by atoms with Crippen LogP contribution < -0.4 is 0 Å². The molecular formula is C12H15BrOZn. The van der Waals surface area contributed by atoms with Crippen LogP contribution in [-0.4, -0.2) is 6.10 Å². The molecule has 0 heterocycles. The Morgan fingerprint density at radius 2 is 2.07 bits per heavy atom. The summed E-state index contributed by atoms with van der Waals surface area (Å²) in [5.41, 5.74) is 1.16. The largest absolute Gasteiger partial charge is 0.376 e. The SMILES string of the molecule is [Zn+][Br].[c-]1ccccc1COC1CCCC1. The third kappa shape index (κ3) is 5.24. The molecule has 1 fully saturated rings. The molecule has 0 bridgehead atoms. The summed E-state index contributed by atoms with van der Waals surface area (Å²) in [6.45, 7) is 0.728. The van der Waals surface area contributed by atoms with Gasteiger partial charge in [-0.25, -0.2) is 0 Å². The van der Waals surface area contributed by atoms with Crippen LogP contribution in [0.25, 0.3) is 0 Å². The molecule has 2 rings (SSSR count). The molecule has 1 nitrogen and oxygen atoms in total. The molecule has 0 spiro atoms. The van der Waals surface area contributed by atoms with E-state index in [0.29, 0.717) is 6.10 Å². The van der Waals surface area contributed by atoms with E-state index in [2.05, 4.69) is 25.8 Å². The summed E-state index contributed by atoms with van der Waals surface area (Å²) in [6.07, 6.45) is 5.67. The van der Waals surface area contributed by atoms with Gasteiger partial charge in [0, 0.05) is 6.61 Å². The van der Waals surface area contributed by atoms with Gasteiger partial charge in [0.2, 0.25) is 0 Å². The predicted octanol–water partition coefficient (Wildman–Crippen LogP) is 3.79. The van der Waals surface area contributed by atoms with Crippen LogP contribution in [0.1, 0.15) is 31.2 Å². The van der Waals surface area contributed by atoms with E-state index in [-0.39, 0.29) is 0 Å². The number of halogens is 1. The average Bonchev–Trinajstić information content (AvgIpc) is 2.83. The zero-order valence-electron chi connectivity index (χ0n) is 8.92. The summed E-state index contributed by atoms with van der Waals surface area (Å²) in [5, 5.41) is 0. The van der Waals surface area contributed by atoms with Crippen LogP contribution in [0.3, 0.4) is 0 Å². The third-order valence-electron chi connectivity index (χ3n) is 2.55. The molecular weight excluding hydrogens is 305 g/mol. The van der Waals surface area contributed by atoms with Gasteiger partial charge in [-0.2, -0.15) is 30.3 Å². The fourth-order valence-corrected chi connectivity index (χ4v) is 1.78. The van der Waals surface area contributed by atoms with Gasteiger partial charge in [-0.1, -0.05) is 12.8 Å². The first-order chi connectivity index (χ1) is 7.45. The number of ether oxygens (including phenoxy) is 1. The summed E-state index contributed by atoms with van der Waals surface area (Å²) in [6, 6.07) is 11.2. The van der Waals surface area contributed by atoms with Gasteiger partial charge in [0.15, 0.2) is 0 Å². The maximum atomic E-state index is 5.76. The first-order valence-electron chi connectivity index (χ1n) is 5.29. The Kier molecular flexibility index (Phi) is 7.51. The Bertz CT molecular complexity index is 247. The number of hydrogen-bond acceptors (Lipinski definition) is 1. The smallest absolute Gasteiger partial charge is 0.0578 e. The van der Waals surface area contributed by atoms with Crippen molar-refractivity contribution in [2.45, 2.75) is 38.4 Å². The maximum absolute atomic E-state index is 5.76. The van der Waals surface area contributed by atoms with Crippen LogP contribution in [0.4, 0.5) is 0 Å². The molecule has 0 atom stereocenters. The van der Waals surface area contributed by atoms with E-state index in [1.165, 1.54) is 42.0 Å². The van der Waals surface area contributed by atoms with Crippen molar-refractivity contribution in [2.75, 3.05) is 0 Å². The van der Waals surface area contributed by atoms with Gasteiger partial charge >= 0.3 is 30.0 Å². The van der Waals surface area contributed by atoms with Gasteiger partial charge < -0.3 is 4.74 Å². The van der Waals surface area contributed by atoms with Crippen molar-refractivity contribution in [1.82, 2.24) is 0 Å². The van der Waals surface area contributed by atoms with Gasteiger partial charge in [0.05, 0.1) is 6.10 Å². The monoisotopic (exact) mass is 318 g/mol. The second-order valence-corrected chi connectivity index (χ2v) is 3.61. The molecule has 78 valence electrons. The Labute approximate surface area is 109 Å². The first kappa shape index (κ1) is 13.3. The van der Waals surface area contributed by atoms with E-state index >= 15 is 0 Å². The predicted molar refractivity (Wildman–Crippen MR) is 61.3 cm³/mol. The molecule has 1 aromatic carbocycles. The molecule has 0 N–H and O–H groups in total. The normalized spacial score (nSPS) is 15.9. The van der Waals surface area contributed by atoms with Crippen LogP contribution >= 0.6 is 13.6 Å². The third-order valence-corrected chi connectivity index (χ3v) is 2.55. The number of rotatable bonds is 3. The van der Waals surface area contributed by atoms with Crippen molar-refractivity contribution in [1.29, 1.82) is 0 Å². The molecule has 1 aliphatic rings. The summed E-state index contributed by atoms with van der Waals surface area (Å²) in [4.78, 5) is 0. The van der Waals surface area contributed by atoms with E-state index in [1.807, 2.05) is 18.2 Å². The minimum absolute atomic E-state index is 0.508. The van der Waals surface area contributed by atoms with Crippen molar-refractivity contribution >= 4 is 13.6 Å². The minimum atomic E-state index is 0.508. The van der Waals surface area contributed by atoms with E-state index in [1.54, 1.807) is 0 Å². The molecule has 0 saturated heterocycles. The molecule has 1 aliphatic carbocycles. The van der Waals surface area contributed by atoms with Crippen molar-refractivity contribution in [3.8, 4) is 0 Å². The minimum Gasteiger partial charge on any atom is -0.376 e. The Morgan fingerprint density at radius 3 is 2.67 bits per heavy atom. The maximum Gasteiger partial charge on any atom is 0.0578 e. The summed E-state index contributed by atoms with van der Waals surface area (Å²) >= 11 is 4.25. The van der Waals surface area contributed by atoms with Crippen molar-refractivity contribution in [3.63, 3.8) is 0 Å². The second kappa shape index (κ2) is 8.44. The molecule has 0 amide bonds. The Balaban J connectivity index is 0.000000531. The van der Waals surface area contributed by atoms with Crippen LogP contribution in [0.5, 0.6) is 0 Å². The van der Waals surface area contributed by atoms with E-state index in [0.717, 1.165) is 12.2 Å². The van der Waals surface area contributed by atoms with E-state index in [4.69, 9.17) is 4.74 Å². The molecule has 0 aliphatic heterocycles. The van der Waals surface area contributed by atoms with E-state index in [9.17, 15) is 0 Å². The van der Waals surface area contributed by atoms with Gasteiger partial charge in [-0.3, -0.25) is 0 Å². The van der Waals surface area contributed by atoms with Crippen LogP contribution in [0.2, 0.25) is 0 Å². The van der Waals surface area contributed by atoms with Crippen LogP contribution in [0.15, 0.2) is 24.3 Å². The average molecular weight is 321 g/mol. The Morgan fingerprint density at radius 1 is 1.33 bits per heavy atom. The van der Waals surface area contributed by atoms with Crippen LogP contribution in [0, 0.1) is 6.07 Å². The molecule has 3 heteroatoms. The molecule has 0 aromatic heterocycles. The molecule has 0 radical (unpaired) electrons. The fourth-order valence-electron chi connectivity index (χ4n) is 1.78. The molecule has 1 saturated carbocycles. The number of benzene rings is 1. The fraction of sp³-hybridized carbons (Fsp3) is 0.500.